The predicted molar refractivity (Wildman–Crippen MR) is 146 cm³/mol. The summed E-state index contributed by atoms with van der Waals surface area (Å²) in [5, 5.41) is 3.36. The highest BCUT2D eigenvalue weighted by atomic mass is 16.5. The zero-order valence-corrected chi connectivity index (χ0v) is 21.8. The Morgan fingerprint density at radius 2 is 1.37 bits per heavy atom. The Kier molecular flexibility index (Phi) is 7.70. The van der Waals surface area contributed by atoms with Gasteiger partial charge in [-0.1, -0.05) is 60.7 Å². The molecule has 1 spiro atoms. The number of nitrogens with one attached hydrogen (secondary N) is 1. The summed E-state index contributed by atoms with van der Waals surface area (Å²) in [5.74, 6) is -0.474. The van der Waals surface area contributed by atoms with E-state index in [1.165, 1.54) is 30.6 Å². The van der Waals surface area contributed by atoms with Crippen molar-refractivity contribution < 1.29 is 19.1 Å². The Hall–Kier alpha value is -3.77. The van der Waals surface area contributed by atoms with Gasteiger partial charge in [0.1, 0.15) is 6.61 Å². The normalized spacial score (nSPS) is 23.8. The van der Waals surface area contributed by atoms with Crippen LogP contribution in [0.3, 0.4) is 0 Å². The Morgan fingerprint density at radius 3 is 1.92 bits per heavy atom. The molecule has 1 heterocycles. The number of esters is 1. The molecular formula is C32H34N2O4. The number of hydrogen-bond acceptors (Lipinski definition) is 5. The van der Waals surface area contributed by atoms with Gasteiger partial charge in [-0.2, -0.15) is 0 Å². The third kappa shape index (κ3) is 5.41. The molecule has 38 heavy (non-hydrogen) atoms. The number of hydrogen-bond donors (Lipinski definition) is 1. The van der Waals surface area contributed by atoms with Crippen LogP contribution in [-0.4, -0.2) is 41.8 Å². The van der Waals surface area contributed by atoms with Crippen LogP contribution in [0.1, 0.15) is 75.2 Å². The standard InChI is InChI=1S/C18H22N2O2.C14H12O2/c1-19-12-6-8-18(9-7-12)10-13(11-18)20-16(21)14-4-2-3-5-15(14)17(20)22;15-14(13-9-5-2-6-10-13)16-11-12-7-3-1-4-8-12/h2-5,12-13,19H,6-11H2,1H3;1-10H,11H2. The molecule has 1 aliphatic heterocycles. The fourth-order valence-corrected chi connectivity index (χ4v) is 5.97. The Labute approximate surface area is 224 Å². The molecule has 0 radical (unpaired) electrons. The van der Waals surface area contributed by atoms with E-state index < -0.39 is 0 Å². The van der Waals surface area contributed by atoms with Crippen molar-refractivity contribution in [2.24, 2.45) is 5.41 Å². The maximum Gasteiger partial charge on any atom is 0.338 e. The van der Waals surface area contributed by atoms with E-state index >= 15 is 0 Å². The lowest BCUT2D eigenvalue weighted by atomic mass is 9.57. The van der Waals surface area contributed by atoms with Gasteiger partial charge in [0.15, 0.2) is 0 Å². The highest BCUT2D eigenvalue weighted by molar-refractivity contribution is 6.21. The quantitative estimate of drug-likeness (QED) is 0.355. The van der Waals surface area contributed by atoms with Crippen LogP contribution in [0.15, 0.2) is 84.9 Å². The number of nitrogens with zero attached hydrogens (tertiary/aromatic N) is 1. The van der Waals surface area contributed by atoms with Gasteiger partial charge in [-0.3, -0.25) is 14.5 Å². The summed E-state index contributed by atoms with van der Waals surface area (Å²) in [5.41, 5.74) is 3.11. The van der Waals surface area contributed by atoms with Crippen molar-refractivity contribution in [1.29, 1.82) is 0 Å². The van der Waals surface area contributed by atoms with Crippen molar-refractivity contribution in [1.82, 2.24) is 10.2 Å². The maximum absolute atomic E-state index is 12.5. The molecular weight excluding hydrogens is 476 g/mol. The molecule has 6 nitrogen and oxygen atoms in total. The van der Waals surface area contributed by atoms with E-state index in [-0.39, 0.29) is 23.8 Å². The first kappa shape index (κ1) is 25.9. The fourth-order valence-electron chi connectivity index (χ4n) is 5.97. The molecule has 6 rings (SSSR count). The molecule has 2 fully saturated rings. The molecule has 6 heteroatoms. The van der Waals surface area contributed by atoms with Crippen LogP contribution in [0, 0.1) is 5.41 Å². The lowest BCUT2D eigenvalue weighted by molar-refractivity contribution is -0.0140. The van der Waals surface area contributed by atoms with Crippen molar-refractivity contribution in [2.75, 3.05) is 7.05 Å². The third-order valence-electron chi connectivity index (χ3n) is 8.20. The highest BCUT2D eigenvalue weighted by Gasteiger charge is 2.52. The lowest BCUT2D eigenvalue weighted by Crippen LogP contribution is -2.54. The summed E-state index contributed by atoms with van der Waals surface area (Å²) in [7, 11) is 2.03. The number of carbonyl (C=O) groups excluding carboxylic acids is 3. The average Bonchev–Trinajstić information content (AvgIpc) is 3.21. The number of benzene rings is 3. The van der Waals surface area contributed by atoms with Gasteiger partial charge in [-0.15, -0.1) is 0 Å². The van der Waals surface area contributed by atoms with E-state index in [0.717, 1.165) is 18.4 Å². The second-order valence-electron chi connectivity index (χ2n) is 10.6. The second kappa shape index (κ2) is 11.3. The minimum absolute atomic E-state index is 0.0932. The van der Waals surface area contributed by atoms with E-state index in [4.69, 9.17) is 4.74 Å². The van der Waals surface area contributed by atoms with Crippen molar-refractivity contribution in [2.45, 2.75) is 57.2 Å². The smallest absolute Gasteiger partial charge is 0.338 e. The summed E-state index contributed by atoms with van der Waals surface area (Å²) >= 11 is 0. The van der Waals surface area contributed by atoms with Crippen molar-refractivity contribution in [3.05, 3.63) is 107 Å². The third-order valence-corrected chi connectivity index (χ3v) is 8.20. The van der Waals surface area contributed by atoms with E-state index in [2.05, 4.69) is 5.32 Å². The van der Waals surface area contributed by atoms with E-state index in [0.29, 0.717) is 34.8 Å². The zero-order chi connectivity index (χ0) is 26.5. The monoisotopic (exact) mass is 510 g/mol. The van der Waals surface area contributed by atoms with Crippen molar-refractivity contribution >= 4 is 17.8 Å². The zero-order valence-electron chi connectivity index (χ0n) is 21.8. The number of amides is 2. The van der Waals surface area contributed by atoms with E-state index in [9.17, 15) is 14.4 Å². The van der Waals surface area contributed by atoms with E-state index in [1.807, 2.05) is 67.7 Å². The molecule has 0 saturated heterocycles. The number of rotatable bonds is 5. The van der Waals surface area contributed by atoms with Gasteiger partial charge >= 0.3 is 5.97 Å². The molecule has 2 saturated carbocycles. The van der Waals surface area contributed by atoms with Crippen LogP contribution in [0.2, 0.25) is 0 Å². The summed E-state index contributed by atoms with van der Waals surface area (Å²) in [6, 6.07) is 26.6. The Bertz CT molecular complexity index is 1240. The number of imide groups is 1. The van der Waals surface area contributed by atoms with Crippen LogP contribution in [-0.2, 0) is 11.3 Å². The number of ether oxygens (including phenoxy) is 1. The predicted octanol–water partition coefficient (Wildman–Crippen LogP) is 5.64. The van der Waals surface area contributed by atoms with Gasteiger partial charge in [0.05, 0.1) is 16.7 Å². The molecule has 0 aromatic heterocycles. The molecule has 0 bridgehead atoms. The minimum atomic E-state index is -0.288. The first-order valence-corrected chi connectivity index (χ1v) is 13.4. The first-order chi connectivity index (χ1) is 18.5. The fraction of sp³-hybridized carbons (Fsp3) is 0.344. The molecule has 3 aromatic rings. The van der Waals surface area contributed by atoms with Crippen LogP contribution >= 0.6 is 0 Å². The van der Waals surface area contributed by atoms with E-state index in [1.54, 1.807) is 24.3 Å². The van der Waals surface area contributed by atoms with Gasteiger partial charge in [-0.25, -0.2) is 4.79 Å². The largest absolute Gasteiger partial charge is 0.457 e. The molecule has 2 amide bonds. The van der Waals surface area contributed by atoms with Crippen LogP contribution in [0.5, 0.6) is 0 Å². The summed E-state index contributed by atoms with van der Waals surface area (Å²) in [6.45, 7) is 0.314. The highest BCUT2D eigenvalue weighted by Crippen LogP contribution is 2.54. The molecule has 196 valence electrons. The molecule has 1 N–H and O–H groups in total. The van der Waals surface area contributed by atoms with Crippen LogP contribution in [0.4, 0.5) is 0 Å². The average molecular weight is 511 g/mol. The van der Waals surface area contributed by atoms with Gasteiger partial charge in [0.2, 0.25) is 0 Å². The molecule has 2 aliphatic carbocycles. The maximum atomic E-state index is 12.5. The molecule has 3 aromatic carbocycles. The van der Waals surface area contributed by atoms with Crippen LogP contribution in [0.25, 0.3) is 0 Å². The molecule has 0 atom stereocenters. The number of fused-ring (bicyclic) bond motifs is 1. The van der Waals surface area contributed by atoms with Crippen molar-refractivity contribution in [3.8, 4) is 0 Å². The minimum Gasteiger partial charge on any atom is -0.457 e. The van der Waals surface area contributed by atoms with Gasteiger partial charge < -0.3 is 10.1 Å². The van der Waals surface area contributed by atoms with Crippen molar-refractivity contribution in [3.63, 3.8) is 0 Å². The van der Waals surface area contributed by atoms with Gasteiger partial charge in [0.25, 0.3) is 11.8 Å². The summed E-state index contributed by atoms with van der Waals surface area (Å²) in [6.07, 6.45) is 6.86. The Morgan fingerprint density at radius 1 is 0.842 bits per heavy atom. The summed E-state index contributed by atoms with van der Waals surface area (Å²) in [4.78, 5) is 38.1. The van der Waals surface area contributed by atoms with Gasteiger partial charge in [-0.05, 0) is 80.8 Å². The molecule has 3 aliphatic rings. The number of carbonyl (C=O) groups is 3. The van der Waals surface area contributed by atoms with Gasteiger partial charge in [0, 0.05) is 12.1 Å². The SMILES string of the molecule is CNC1CCC2(CC1)CC(N1C(=O)c3ccccc3C1=O)C2.O=C(OCc1ccccc1)c1ccccc1. The topological polar surface area (TPSA) is 75.7 Å². The van der Waals surface area contributed by atoms with Crippen LogP contribution < -0.4 is 5.32 Å². The lowest BCUT2D eigenvalue weighted by Gasteiger charge is -2.53. The summed E-state index contributed by atoms with van der Waals surface area (Å²) < 4.78 is 5.18. The first-order valence-electron chi connectivity index (χ1n) is 13.4. The Balaban J connectivity index is 0.000000163. The second-order valence-corrected chi connectivity index (χ2v) is 10.6. The molecule has 0 unspecified atom stereocenters.